The smallest absolute Gasteiger partial charge is 0.238 e. The van der Waals surface area contributed by atoms with Gasteiger partial charge in [-0.3, -0.25) is 19.1 Å². The average molecular weight is 487 g/mol. The van der Waals surface area contributed by atoms with Gasteiger partial charge in [0, 0.05) is 63.9 Å². The zero-order chi connectivity index (χ0) is 25.1. The van der Waals surface area contributed by atoms with Crippen molar-refractivity contribution in [3.8, 4) is 23.4 Å². The number of nitriles is 2. The molecule has 0 radical (unpaired) electrons. The van der Waals surface area contributed by atoms with E-state index in [1.807, 2.05) is 36.3 Å². The molecular formula is C23H26N12O. The van der Waals surface area contributed by atoms with Crippen LogP contribution in [0.4, 0.5) is 11.6 Å². The molecule has 0 saturated carbocycles. The molecule has 2 aliphatic heterocycles. The minimum absolute atomic E-state index is 0.132. The molecule has 0 spiro atoms. The van der Waals surface area contributed by atoms with Crippen molar-refractivity contribution in [2.75, 3.05) is 38.0 Å². The first kappa shape index (κ1) is 23.4. The van der Waals surface area contributed by atoms with Crippen LogP contribution in [0.1, 0.15) is 12.8 Å². The van der Waals surface area contributed by atoms with Crippen LogP contribution in [0.15, 0.2) is 37.1 Å². The van der Waals surface area contributed by atoms with Gasteiger partial charge >= 0.3 is 0 Å². The summed E-state index contributed by atoms with van der Waals surface area (Å²) in [5.41, 5.74) is 1.80. The van der Waals surface area contributed by atoms with Crippen LogP contribution in [0.25, 0.3) is 11.3 Å². The first-order valence-electron chi connectivity index (χ1n) is 11.6. The number of nitrogens with one attached hydrogen (secondary N) is 2. The largest absolute Gasteiger partial charge is 0.323 e. The van der Waals surface area contributed by atoms with E-state index in [4.69, 9.17) is 5.26 Å². The van der Waals surface area contributed by atoms with Gasteiger partial charge in [-0.2, -0.15) is 20.7 Å². The van der Waals surface area contributed by atoms with Gasteiger partial charge in [0.1, 0.15) is 12.0 Å². The maximum atomic E-state index is 12.5. The zero-order valence-corrected chi connectivity index (χ0v) is 19.9. The number of rotatable bonds is 7. The highest BCUT2D eigenvalue weighted by atomic mass is 16.2. The van der Waals surface area contributed by atoms with Gasteiger partial charge in [-0.05, 0) is 6.07 Å². The molecule has 1 amide bonds. The molecule has 5 heterocycles. The van der Waals surface area contributed by atoms with Crippen LogP contribution in [-0.2, 0) is 17.4 Å². The summed E-state index contributed by atoms with van der Waals surface area (Å²) in [5, 5.41) is 33.7. The molecule has 2 saturated heterocycles. The van der Waals surface area contributed by atoms with Crippen molar-refractivity contribution in [2.45, 2.75) is 24.5 Å². The van der Waals surface area contributed by atoms with Gasteiger partial charge in [0.2, 0.25) is 11.9 Å². The molecule has 1 unspecified atom stereocenters. The van der Waals surface area contributed by atoms with Crippen molar-refractivity contribution in [1.29, 1.82) is 10.5 Å². The molecule has 13 heteroatoms. The number of amides is 1. The fraction of sp³-hybridized carbons (Fsp3) is 0.435. The zero-order valence-electron chi connectivity index (χ0n) is 19.9. The Morgan fingerprint density at radius 2 is 2.11 bits per heavy atom. The number of likely N-dealkylation sites (tertiary alicyclic amines) is 1. The predicted octanol–water partition coefficient (Wildman–Crippen LogP) is 0.413. The van der Waals surface area contributed by atoms with E-state index in [1.165, 1.54) is 0 Å². The van der Waals surface area contributed by atoms with Gasteiger partial charge in [0.05, 0.1) is 48.5 Å². The Balaban J connectivity index is 1.32. The van der Waals surface area contributed by atoms with E-state index in [2.05, 4.69) is 41.8 Å². The van der Waals surface area contributed by atoms with E-state index < -0.39 is 5.54 Å². The number of hydrogen-bond donors (Lipinski definition) is 2. The van der Waals surface area contributed by atoms with Crippen LogP contribution in [0, 0.1) is 22.7 Å². The van der Waals surface area contributed by atoms with Crippen LogP contribution in [-0.4, -0.2) is 84.1 Å². The van der Waals surface area contributed by atoms with Crippen molar-refractivity contribution in [1.82, 2.24) is 44.6 Å². The monoisotopic (exact) mass is 486 g/mol. The highest BCUT2D eigenvalue weighted by Gasteiger charge is 2.49. The minimum Gasteiger partial charge on any atom is -0.323 e. The molecular weight excluding hydrogens is 460 g/mol. The number of carbonyl (C=O) groups excluding carboxylic acids is 1. The molecule has 0 aliphatic carbocycles. The van der Waals surface area contributed by atoms with E-state index in [0.29, 0.717) is 44.4 Å². The predicted molar refractivity (Wildman–Crippen MR) is 128 cm³/mol. The SMILES string of the molecule is Cn1cc(Nc2nccc(-c3cnn(C4(CC#N)CN(C5CNCCN5C(=O)CC#N)C4)c3)n2)cn1. The van der Waals surface area contributed by atoms with Crippen LogP contribution < -0.4 is 10.6 Å². The molecule has 0 bridgehead atoms. The van der Waals surface area contributed by atoms with Gasteiger partial charge in [-0.1, -0.05) is 0 Å². The van der Waals surface area contributed by atoms with Gasteiger partial charge in [0.25, 0.3) is 0 Å². The fourth-order valence-electron chi connectivity index (χ4n) is 4.79. The lowest BCUT2D eigenvalue weighted by Crippen LogP contribution is -2.72. The third-order valence-electron chi connectivity index (χ3n) is 6.57. The molecule has 3 aromatic heterocycles. The highest BCUT2D eigenvalue weighted by Crippen LogP contribution is 2.35. The summed E-state index contributed by atoms with van der Waals surface area (Å²) in [6, 6.07) is 6.07. The Hall–Kier alpha value is -4.33. The number of hydrogen-bond acceptors (Lipinski definition) is 10. The second kappa shape index (κ2) is 9.73. The summed E-state index contributed by atoms with van der Waals surface area (Å²) >= 11 is 0. The Kier molecular flexibility index (Phi) is 6.33. The standard InChI is InChI=1S/C23H26N12O/c1-32-14-18(11-28-32)30-22-27-7-3-19(31-22)17-10-29-35(13-17)23(4-6-25)15-33(16-23)20-12-26-8-9-34(20)21(36)2-5-24/h3,7,10-11,13-14,20,26H,2,4,8-9,12,15-16H2,1H3,(H,27,30,31). The van der Waals surface area contributed by atoms with Gasteiger partial charge in [-0.15, -0.1) is 0 Å². The van der Waals surface area contributed by atoms with E-state index in [9.17, 15) is 10.1 Å². The molecule has 2 N–H and O–H groups in total. The highest BCUT2D eigenvalue weighted by molar-refractivity contribution is 5.78. The van der Waals surface area contributed by atoms with Crippen molar-refractivity contribution in [3.05, 3.63) is 37.1 Å². The number of carbonyl (C=O) groups is 1. The van der Waals surface area contributed by atoms with Crippen LogP contribution >= 0.6 is 0 Å². The Bertz CT molecular complexity index is 1330. The second-order valence-corrected chi connectivity index (χ2v) is 9.04. The topological polar surface area (TPSA) is 157 Å². The average Bonchev–Trinajstić information content (AvgIpc) is 3.51. The summed E-state index contributed by atoms with van der Waals surface area (Å²) in [6.07, 6.45) is 8.85. The maximum absolute atomic E-state index is 12.5. The number of piperazine rings is 1. The number of nitrogens with zero attached hydrogens (tertiary/aromatic N) is 10. The minimum atomic E-state index is -0.502. The van der Waals surface area contributed by atoms with Crippen LogP contribution in [0.3, 0.4) is 0 Å². The van der Waals surface area contributed by atoms with Crippen molar-refractivity contribution in [2.24, 2.45) is 7.05 Å². The normalized spacial score (nSPS) is 19.2. The van der Waals surface area contributed by atoms with E-state index >= 15 is 0 Å². The third kappa shape index (κ3) is 4.49. The van der Waals surface area contributed by atoms with E-state index in [-0.39, 0.29) is 24.9 Å². The first-order chi connectivity index (χ1) is 17.5. The van der Waals surface area contributed by atoms with Gasteiger partial charge in [-0.25, -0.2) is 9.97 Å². The number of aromatic nitrogens is 6. The molecule has 36 heavy (non-hydrogen) atoms. The third-order valence-corrected chi connectivity index (χ3v) is 6.57. The summed E-state index contributed by atoms with van der Waals surface area (Å²) in [6.45, 7) is 3.02. The Morgan fingerprint density at radius 1 is 1.25 bits per heavy atom. The number of anilines is 2. The second-order valence-electron chi connectivity index (χ2n) is 9.04. The summed E-state index contributed by atoms with van der Waals surface area (Å²) < 4.78 is 3.53. The lowest BCUT2D eigenvalue weighted by atomic mass is 9.86. The Labute approximate surface area is 207 Å². The summed E-state index contributed by atoms with van der Waals surface area (Å²) in [5.74, 6) is 0.282. The molecule has 1 atom stereocenters. The fourth-order valence-corrected chi connectivity index (χ4v) is 4.79. The summed E-state index contributed by atoms with van der Waals surface area (Å²) in [4.78, 5) is 25.3. The molecule has 3 aromatic rings. The number of aryl methyl sites for hydroxylation is 1. The maximum Gasteiger partial charge on any atom is 0.238 e. The van der Waals surface area contributed by atoms with E-state index in [1.54, 1.807) is 28.2 Å². The van der Waals surface area contributed by atoms with Crippen molar-refractivity contribution >= 4 is 17.5 Å². The molecule has 13 nitrogen and oxygen atoms in total. The lowest BCUT2D eigenvalue weighted by molar-refractivity contribution is -0.146. The van der Waals surface area contributed by atoms with Crippen LogP contribution in [0.2, 0.25) is 0 Å². The quantitative estimate of drug-likeness (QED) is 0.479. The van der Waals surface area contributed by atoms with Gasteiger partial charge in [0.15, 0.2) is 0 Å². The van der Waals surface area contributed by atoms with Crippen LogP contribution in [0.5, 0.6) is 0 Å². The van der Waals surface area contributed by atoms with Crippen molar-refractivity contribution in [3.63, 3.8) is 0 Å². The summed E-state index contributed by atoms with van der Waals surface area (Å²) in [7, 11) is 1.84. The first-order valence-corrected chi connectivity index (χ1v) is 11.6. The Morgan fingerprint density at radius 3 is 2.86 bits per heavy atom. The van der Waals surface area contributed by atoms with Gasteiger partial charge < -0.3 is 15.5 Å². The molecule has 0 aromatic carbocycles. The van der Waals surface area contributed by atoms with E-state index in [0.717, 1.165) is 11.3 Å². The van der Waals surface area contributed by atoms with Crippen molar-refractivity contribution < 1.29 is 4.79 Å². The lowest BCUT2D eigenvalue weighted by Gasteiger charge is -2.55. The molecule has 2 fully saturated rings. The molecule has 184 valence electrons. The molecule has 5 rings (SSSR count). The molecule has 2 aliphatic rings.